The number of benzene rings is 1. The lowest BCUT2D eigenvalue weighted by Gasteiger charge is -2.27. The van der Waals surface area contributed by atoms with Crippen molar-refractivity contribution in [1.82, 2.24) is 0 Å². The van der Waals surface area contributed by atoms with Gasteiger partial charge < -0.3 is 5.73 Å². The summed E-state index contributed by atoms with van der Waals surface area (Å²) < 4.78 is 0. The van der Waals surface area contributed by atoms with Gasteiger partial charge in [-0.1, -0.05) is 44.6 Å². The van der Waals surface area contributed by atoms with E-state index in [1.807, 2.05) is 6.07 Å². The summed E-state index contributed by atoms with van der Waals surface area (Å²) in [7, 11) is 0. The Hall–Kier alpha value is -1.50. The van der Waals surface area contributed by atoms with E-state index in [1.54, 1.807) is 5.57 Å². The fraction of sp³-hybridized carbons (Fsp3) is 0.375. The zero-order valence-electron chi connectivity index (χ0n) is 10.7. The van der Waals surface area contributed by atoms with Gasteiger partial charge in [0.05, 0.1) is 0 Å². The Balaban J connectivity index is 2.24. The van der Waals surface area contributed by atoms with Gasteiger partial charge in [-0.2, -0.15) is 0 Å². The van der Waals surface area contributed by atoms with Crippen LogP contribution < -0.4 is 5.73 Å². The van der Waals surface area contributed by atoms with Crippen LogP contribution in [-0.4, -0.2) is 0 Å². The number of hydrogen-bond donors (Lipinski definition) is 1. The fourth-order valence-corrected chi connectivity index (χ4v) is 3.20. The molecule has 2 aliphatic carbocycles. The third-order valence-corrected chi connectivity index (χ3v) is 4.20. The lowest BCUT2D eigenvalue weighted by molar-refractivity contribution is 0.566. The highest BCUT2D eigenvalue weighted by molar-refractivity contribution is 5.87. The smallest absolute Gasteiger partial charge is 0.0320 e. The number of allylic oxidation sites excluding steroid dienone is 4. The molecule has 2 N–H and O–H groups in total. The predicted octanol–water partition coefficient (Wildman–Crippen LogP) is 3.91. The molecule has 0 aliphatic heterocycles. The van der Waals surface area contributed by atoms with Crippen LogP contribution in [0.3, 0.4) is 0 Å². The molecule has 88 valence electrons. The first-order valence-electron chi connectivity index (χ1n) is 6.32. The van der Waals surface area contributed by atoms with Crippen LogP contribution in [0.15, 0.2) is 35.9 Å². The van der Waals surface area contributed by atoms with Gasteiger partial charge in [0.1, 0.15) is 0 Å². The van der Waals surface area contributed by atoms with Gasteiger partial charge in [0.2, 0.25) is 0 Å². The van der Waals surface area contributed by atoms with Gasteiger partial charge in [0.15, 0.2) is 0 Å². The molecular weight excluding hydrogens is 206 g/mol. The average Bonchev–Trinajstić information content (AvgIpc) is 2.48. The largest absolute Gasteiger partial charge is 0.399 e. The van der Waals surface area contributed by atoms with Crippen molar-refractivity contribution in [2.75, 3.05) is 5.73 Å². The quantitative estimate of drug-likeness (QED) is 0.666. The summed E-state index contributed by atoms with van der Waals surface area (Å²) >= 11 is 0. The molecule has 1 nitrogen and oxygen atoms in total. The summed E-state index contributed by atoms with van der Waals surface area (Å²) in [6.07, 6.45) is 5.77. The molecule has 1 aromatic rings. The molecule has 0 spiro atoms. The third kappa shape index (κ3) is 1.38. The minimum absolute atomic E-state index is 0.164. The maximum absolute atomic E-state index is 5.92. The number of hydrogen-bond acceptors (Lipinski definition) is 1. The maximum atomic E-state index is 5.92. The normalized spacial score (nSPS) is 24.8. The van der Waals surface area contributed by atoms with Crippen LogP contribution in [-0.2, 0) is 5.41 Å². The van der Waals surface area contributed by atoms with Crippen LogP contribution in [0.25, 0.3) is 5.57 Å². The monoisotopic (exact) mass is 225 g/mol. The summed E-state index contributed by atoms with van der Waals surface area (Å²) in [5.74, 6) is 0.652. The van der Waals surface area contributed by atoms with Gasteiger partial charge in [-0.05, 0) is 41.2 Å². The highest BCUT2D eigenvalue weighted by atomic mass is 14.5. The second kappa shape index (κ2) is 3.25. The number of nitrogen functional groups attached to an aromatic ring is 1. The van der Waals surface area contributed by atoms with Crippen LogP contribution in [0.2, 0.25) is 0 Å². The van der Waals surface area contributed by atoms with Crippen molar-refractivity contribution >= 4 is 11.3 Å². The van der Waals surface area contributed by atoms with E-state index >= 15 is 0 Å². The molecule has 3 rings (SSSR count). The van der Waals surface area contributed by atoms with Crippen molar-refractivity contribution in [2.45, 2.75) is 32.6 Å². The molecule has 0 saturated heterocycles. The van der Waals surface area contributed by atoms with E-state index in [0.29, 0.717) is 5.92 Å². The van der Waals surface area contributed by atoms with Gasteiger partial charge in [0, 0.05) is 11.1 Å². The molecule has 1 heteroatoms. The maximum Gasteiger partial charge on any atom is 0.0320 e. The Labute approximate surface area is 103 Å². The van der Waals surface area contributed by atoms with Crippen LogP contribution in [0, 0.1) is 5.92 Å². The molecule has 1 unspecified atom stereocenters. The van der Waals surface area contributed by atoms with Crippen molar-refractivity contribution in [2.24, 2.45) is 5.92 Å². The molecule has 0 saturated carbocycles. The SMILES string of the molecule is CC1C=CC2=C(C1)C(C)(C)c1ccc(N)cc12. The fourth-order valence-electron chi connectivity index (χ4n) is 3.20. The third-order valence-electron chi connectivity index (χ3n) is 4.20. The van der Waals surface area contributed by atoms with E-state index in [1.165, 1.54) is 23.1 Å². The van der Waals surface area contributed by atoms with Crippen molar-refractivity contribution in [3.05, 3.63) is 47.1 Å². The van der Waals surface area contributed by atoms with Crippen LogP contribution >= 0.6 is 0 Å². The Bertz CT molecular complexity index is 547. The van der Waals surface area contributed by atoms with Crippen molar-refractivity contribution in [3.63, 3.8) is 0 Å². The van der Waals surface area contributed by atoms with E-state index in [0.717, 1.165) is 5.69 Å². The molecule has 0 radical (unpaired) electrons. The van der Waals surface area contributed by atoms with Crippen LogP contribution in [0.1, 0.15) is 38.3 Å². The first-order valence-corrected chi connectivity index (χ1v) is 6.32. The molecule has 0 aromatic heterocycles. The zero-order chi connectivity index (χ0) is 12.2. The van der Waals surface area contributed by atoms with E-state index in [-0.39, 0.29) is 5.41 Å². The highest BCUT2D eigenvalue weighted by Crippen LogP contribution is 2.51. The summed E-state index contributed by atoms with van der Waals surface area (Å²) in [6, 6.07) is 6.34. The van der Waals surface area contributed by atoms with Crippen LogP contribution in [0.5, 0.6) is 0 Å². The minimum Gasteiger partial charge on any atom is -0.399 e. The molecule has 2 aliphatic rings. The molecule has 0 fully saturated rings. The lowest BCUT2D eigenvalue weighted by atomic mass is 9.76. The standard InChI is InChI=1S/C16H19N/c1-10-4-6-12-13-9-11(17)5-7-14(13)16(2,3)15(12)8-10/h4-7,9-10H,8,17H2,1-3H3. The first-order chi connectivity index (χ1) is 8.00. The minimum atomic E-state index is 0.164. The van der Waals surface area contributed by atoms with Gasteiger partial charge >= 0.3 is 0 Å². The Morgan fingerprint density at radius 2 is 2.06 bits per heavy atom. The Kier molecular flexibility index (Phi) is 2.04. The Morgan fingerprint density at radius 1 is 1.29 bits per heavy atom. The van der Waals surface area contributed by atoms with E-state index in [2.05, 4.69) is 45.1 Å². The van der Waals surface area contributed by atoms with Crippen molar-refractivity contribution in [1.29, 1.82) is 0 Å². The number of fused-ring (bicyclic) bond motifs is 2. The summed E-state index contributed by atoms with van der Waals surface area (Å²) in [5.41, 5.74) is 12.7. The Morgan fingerprint density at radius 3 is 2.82 bits per heavy atom. The van der Waals surface area contributed by atoms with E-state index in [9.17, 15) is 0 Å². The second-order valence-corrected chi connectivity index (χ2v) is 5.86. The number of nitrogens with two attached hydrogens (primary N) is 1. The lowest BCUT2D eigenvalue weighted by Crippen LogP contribution is -2.19. The number of anilines is 1. The van der Waals surface area contributed by atoms with Crippen molar-refractivity contribution in [3.8, 4) is 0 Å². The summed E-state index contributed by atoms with van der Waals surface area (Å²) in [6.45, 7) is 6.94. The average molecular weight is 225 g/mol. The van der Waals surface area contributed by atoms with E-state index < -0.39 is 0 Å². The number of rotatable bonds is 0. The summed E-state index contributed by atoms with van der Waals surface area (Å²) in [5, 5.41) is 0. The van der Waals surface area contributed by atoms with Gasteiger partial charge in [-0.3, -0.25) is 0 Å². The molecule has 17 heavy (non-hydrogen) atoms. The van der Waals surface area contributed by atoms with Crippen molar-refractivity contribution < 1.29 is 0 Å². The molecule has 0 amide bonds. The van der Waals surface area contributed by atoms with Gasteiger partial charge in [-0.25, -0.2) is 0 Å². The summed E-state index contributed by atoms with van der Waals surface area (Å²) in [4.78, 5) is 0. The second-order valence-electron chi connectivity index (χ2n) is 5.86. The van der Waals surface area contributed by atoms with Crippen LogP contribution in [0.4, 0.5) is 5.69 Å². The highest BCUT2D eigenvalue weighted by Gasteiger charge is 2.38. The molecule has 0 bridgehead atoms. The predicted molar refractivity (Wildman–Crippen MR) is 73.7 cm³/mol. The van der Waals surface area contributed by atoms with Gasteiger partial charge in [0.25, 0.3) is 0 Å². The topological polar surface area (TPSA) is 26.0 Å². The zero-order valence-corrected chi connectivity index (χ0v) is 10.7. The molecule has 1 aromatic carbocycles. The van der Waals surface area contributed by atoms with Gasteiger partial charge in [-0.15, -0.1) is 0 Å². The molecule has 1 atom stereocenters. The van der Waals surface area contributed by atoms with E-state index in [4.69, 9.17) is 5.73 Å². The first kappa shape index (κ1) is 10.6. The molecule has 0 heterocycles. The molecular formula is C16H19N.